The van der Waals surface area contributed by atoms with E-state index in [9.17, 15) is 9.18 Å². The highest BCUT2D eigenvalue weighted by Gasteiger charge is 2.07. The highest BCUT2D eigenvalue weighted by atomic mass is 19.1. The van der Waals surface area contributed by atoms with Gasteiger partial charge in [0.05, 0.1) is 16.6 Å². The van der Waals surface area contributed by atoms with E-state index >= 15 is 0 Å². The molecule has 0 amide bonds. The average molecular weight is 284 g/mol. The Morgan fingerprint density at radius 2 is 2.05 bits per heavy atom. The normalized spacial score (nSPS) is 10.8. The number of nitrogen functional groups attached to an aromatic ring is 1. The van der Waals surface area contributed by atoms with Crippen molar-refractivity contribution >= 4 is 28.2 Å². The van der Waals surface area contributed by atoms with Crippen molar-refractivity contribution in [2.24, 2.45) is 0 Å². The number of anilines is 3. The molecule has 0 aliphatic carbocycles. The molecule has 21 heavy (non-hydrogen) atoms. The fourth-order valence-corrected chi connectivity index (χ4v) is 2.06. The zero-order valence-corrected chi connectivity index (χ0v) is 11.3. The number of nitrogens with zero attached hydrogens (tertiary/aromatic N) is 1. The van der Waals surface area contributed by atoms with Gasteiger partial charge < -0.3 is 11.1 Å². The molecule has 0 atom stereocenters. The number of rotatable bonds is 2. The summed E-state index contributed by atoms with van der Waals surface area (Å²) in [6.07, 6.45) is 0. The second-order valence-electron chi connectivity index (χ2n) is 4.80. The second-order valence-corrected chi connectivity index (χ2v) is 4.80. The predicted octanol–water partition coefficient (Wildman–Crippen LogP) is 2.70. The van der Waals surface area contributed by atoms with E-state index in [1.807, 2.05) is 0 Å². The summed E-state index contributed by atoms with van der Waals surface area (Å²) in [5, 5.41) is 3.17. The number of nitrogens with one attached hydrogen (secondary N) is 2. The van der Waals surface area contributed by atoms with Crippen molar-refractivity contribution in [2.45, 2.75) is 6.92 Å². The maximum Gasteiger partial charge on any atom is 0.260 e. The van der Waals surface area contributed by atoms with Crippen LogP contribution in [0, 0.1) is 12.7 Å². The van der Waals surface area contributed by atoms with Crippen LogP contribution in [-0.4, -0.2) is 9.97 Å². The van der Waals surface area contributed by atoms with E-state index in [2.05, 4.69) is 15.3 Å². The molecule has 1 heterocycles. The lowest BCUT2D eigenvalue weighted by Gasteiger charge is -2.08. The summed E-state index contributed by atoms with van der Waals surface area (Å²) in [7, 11) is 0. The Morgan fingerprint density at radius 1 is 1.24 bits per heavy atom. The maximum atomic E-state index is 13.8. The topological polar surface area (TPSA) is 83.8 Å². The zero-order chi connectivity index (χ0) is 15.0. The van der Waals surface area contributed by atoms with Crippen LogP contribution in [0.5, 0.6) is 0 Å². The first-order valence-corrected chi connectivity index (χ1v) is 6.36. The van der Waals surface area contributed by atoms with Crippen LogP contribution in [-0.2, 0) is 0 Å². The summed E-state index contributed by atoms with van der Waals surface area (Å²) in [6, 6.07) is 9.63. The molecule has 1 aromatic heterocycles. The number of halogens is 1. The quantitative estimate of drug-likeness (QED) is 0.632. The number of aromatic nitrogens is 2. The minimum absolute atomic E-state index is 0.181. The summed E-state index contributed by atoms with van der Waals surface area (Å²) in [5.74, 6) is -0.227. The van der Waals surface area contributed by atoms with Gasteiger partial charge in [0, 0.05) is 5.69 Å². The molecule has 0 saturated heterocycles. The van der Waals surface area contributed by atoms with Gasteiger partial charge in [-0.2, -0.15) is 0 Å². The Labute approximate surface area is 119 Å². The molecule has 0 aliphatic heterocycles. The van der Waals surface area contributed by atoms with E-state index in [0.29, 0.717) is 16.6 Å². The van der Waals surface area contributed by atoms with Gasteiger partial charge in [-0.1, -0.05) is 6.07 Å². The van der Waals surface area contributed by atoms with Gasteiger partial charge in [-0.3, -0.25) is 9.78 Å². The van der Waals surface area contributed by atoms with E-state index in [1.54, 1.807) is 37.3 Å². The van der Waals surface area contributed by atoms with Crippen LogP contribution < -0.4 is 16.6 Å². The average Bonchev–Trinajstić information content (AvgIpc) is 2.43. The van der Waals surface area contributed by atoms with Gasteiger partial charge >= 0.3 is 0 Å². The van der Waals surface area contributed by atoms with Crippen LogP contribution in [0.4, 0.5) is 21.7 Å². The van der Waals surface area contributed by atoms with Gasteiger partial charge in [-0.25, -0.2) is 9.37 Å². The standard InChI is InChI=1S/C15H13FN4O/c1-8-2-4-13(11(16)6-8)19-15-18-12-5-3-9(17)7-10(12)14(21)20-15/h2-7H,17H2,1H3,(H2,18,19,20,21). The monoisotopic (exact) mass is 284 g/mol. The minimum Gasteiger partial charge on any atom is -0.399 e. The van der Waals surface area contributed by atoms with Crippen LogP contribution in [0.3, 0.4) is 0 Å². The molecule has 0 radical (unpaired) electrons. The number of hydrogen-bond acceptors (Lipinski definition) is 4. The molecule has 0 unspecified atom stereocenters. The summed E-state index contributed by atoms with van der Waals surface area (Å²) in [6.45, 7) is 1.80. The molecule has 4 N–H and O–H groups in total. The second kappa shape index (κ2) is 4.90. The number of benzene rings is 2. The summed E-state index contributed by atoms with van der Waals surface area (Å²) in [5.41, 5.74) is 7.35. The molecule has 0 saturated carbocycles. The van der Waals surface area contributed by atoms with Crippen molar-refractivity contribution in [3.05, 3.63) is 58.1 Å². The highest BCUT2D eigenvalue weighted by molar-refractivity contribution is 5.82. The lowest BCUT2D eigenvalue weighted by molar-refractivity contribution is 0.630. The first kappa shape index (κ1) is 13.1. The van der Waals surface area contributed by atoms with Crippen LogP contribution in [0.25, 0.3) is 10.9 Å². The third kappa shape index (κ3) is 2.55. The van der Waals surface area contributed by atoms with Crippen molar-refractivity contribution < 1.29 is 4.39 Å². The molecule has 6 heteroatoms. The van der Waals surface area contributed by atoms with Crippen molar-refractivity contribution in [1.82, 2.24) is 9.97 Å². The predicted molar refractivity (Wildman–Crippen MR) is 81.2 cm³/mol. The lowest BCUT2D eigenvalue weighted by atomic mass is 10.2. The maximum absolute atomic E-state index is 13.8. The number of nitrogens with two attached hydrogens (primary N) is 1. The van der Waals surface area contributed by atoms with Gasteiger partial charge in [0.15, 0.2) is 0 Å². The number of fused-ring (bicyclic) bond motifs is 1. The van der Waals surface area contributed by atoms with Crippen LogP contribution in [0.1, 0.15) is 5.56 Å². The molecule has 0 spiro atoms. The number of H-pyrrole nitrogens is 1. The van der Waals surface area contributed by atoms with Gasteiger partial charge in [0.1, 0.15) is 5.82 Å². The Bertz CT molecular complexity index is 888. The van der Waals surface area contributed by atoms with Crippen molar-refractivity contribution in [3.8, 4) is 0 Å². The summed E-state index contributed by atoms with van der Waals surface area (Å²) >= 11 is 0. The minimum atomic E-state index is -0.407. The van der Waals surface area contributed by atoms with Gasteiger partial charge in [0.2, 0.25) is 5.95 Å². The molecule has 0 fully saturated rings. The molecule has 0 bridgehead atoms. The van der Waals surface area contributed by atoms with Crippen LogP contribution in [0.15, 0.2) is 41.2 Å². The van der Waals surface area contributed by atoms with E-state index in [-0.39, 0.29) is 17.2 Å². The number of aromatic amines is 1. The van der Waals surface area contributed by atoms with Gasteiger partial charge in [-0.15, -0.1) is 0 Å². The zero-order valence-electron chi connectivity index (χ0n) is 11.3. The highest BCUT2D eigenvalue weighted by Crippen LogP contribution is 2.19. The summed E-state index contributed by atoms with van der Waals surface area (Å²) < 4.78 is 13.8. The number of aryl methyl sites for hydroxylation is 1. The summed E-state index contributed by atoms with van der Waals surface area (Å²) in [4.78, 5) is 18.8. The van der Waals surface area contributed by atoms with Gasteiger partial charge in [-0.05, 0) is 42.8 Å². The Kier molecular flexibility index (Phi) is 3.06. The van der Waals surface area contributed by atoms with Crippen molar-refractivity contribution in [2.75, 3.05) is 11.1 Å². The fourth-order valence-electron chi connectivity index (χ4n) is 2.06. The molecule has 0 aliphatic rings. The lowest BCUT2D eigenvalue weighted by Crippen LogP contribution is -2.12. The molecule has 106 valence electrons. The van der Waals surface area contributed by atoms with E-state index in [4.69, 9.17) is 5.73 Å². The third-order valence-electron chi connectivity index (χ3n) is 3.11. The molecular weight excluding hydrogens is 271 g/mol. The van der Waals surface area contributed by atoms with E-state index < -0.39 is 5.82 Å². The van der Waals surface area contributed by atoms with E-state index in [0.717, 1.165) is 5.56 Å². The largest absolute Gasteiger partial charge is 0.399 e. The third-order valence-corrected chi connectivity index (χ3v) is 3.11. The van der Waals surface area contributed by atoms with Crippen molar-refractivity contribution in [1.29, 1.82) is 0 Å². The first-order chi connectivity index (χ1) is 10.0. The van der Waals surface area contributed by atoms with Crippen LogP contribution >= 0.6 is 0 Å². The smallest absolute Gasteiger partial charge is 0.260 e. The Balaban J connectivity index is 2.05. The van der Waals surface area contributed by atoms with Crippen molar-refractivity contribution in [3.63, 3.8) is 0 Å². The SMILES string of the molecule is Cc1ccc(Nc2nc3ccc(N)cc3c(=O)[nH]2)c(F)c1. The molecule has 2 aromatic carbocycles. The molecule has 5 nitrogen and oxygen atoms in total. The Morgan fingerprint density at radius 3 is 2.81 bits per heavy atom. The molecular formula is C15H13FN4O. The Hall–Kier alpha value is -2.89. The molecule has 3 rings (SSSR count). The van der Waals surface area contributed by atoms with Gasteiger partial charge in [0.25, 0.3) is 5.56 Å². The fraction of sp³-hybridized carbons (Fsp3) is 0.0667. The molecule has 3 aromatic rings. The van der Waals surface area contributed by atoms with Crippen LogP contribution in [0.2, 0.25) is 0 Å². The first-order valence-electron chi connectivity index (χ1n) is 6.36. The number of hydrogen-bond donors (Lipinski definition) is 3. The van der Waals surface area contributed by atoms with E-state index in [1.165, 1.54) is 6.07 Å².